The molecular weight excluding hydrogens is 352 g/mol. The van der Waals surface area contributed by atoms with Crippen LogP contribution in [-0.4, -0.2) is 34.2 Å². The van der Waals surface area contributed by atoms with Gasteiger partial charge in [0.15, 0.2) is 0 Å². The van der Waals surface area contributed by atoms with Crippen molar-refractivity contribution in [1.82, 2.24) is 10.2 Å². The van der Waals surface area contributed by atoms with Gasteiger partial charge >= 0.3 is 6.03 Å². The van der Waals surface area contributed by atoms with Crippen LogP contribution in [0.2, 0.25) is 0 Å². The van der Waals surface area contributed by atoms with Crippen LogP contribution in [0.1, 0.15) is 21.5 Å². The summed E-state index contributed by atoms with van der Waals surface area (Å²) in [7, 11) is 0. The molecule has 0 unspecified atom stereocenters. The van der Waals surface area contributed by atoms with Gasteiger partial charge in [-0.05, 0) is 36.8 Å². The number of amides is 4. The lowest BCUT2D eigenvalue weighted by Gasteiger charge is -2.13. The zero-order chi connectivity index (χ0) is 19.6. The van der Waals surface area contributed by atoms with Crippen molar-refractivity contribution in [3.8, 4) is 0 Å². The Hall–Kier alpha value is -3.75. The van der Waals surface area contributed by atoms with Gasteiger partial charge in [0.2, 0.25) is 5.91 Å². The third kappa shape index (κ3) is 3.92. The number of hydrogen-bond acceptors (Lipinski definition) is 5. The minimum atomic E-state index is -0.504. The second kappa shape index (κ2) is 7.24. The number of nitro groups is 1. The minimum absolute atomic E-state index is 0.0191. The lowest BCUT2D eigenvalue weighted by Crippen LogP contribution is -2.30. The lowest BCUT2D eigenvalue weighted by molar-refractivity contribution is -0.385. The summed E-state index contributed by atoms with van der Waals surface area (Å²) < 4.78 is 0. The van der Waals surface area contributed by atoms with E-state index in [1.807, 2.05) is 0 Å². The van der Waals surface area contributed by atoms with E-state index in [-0.39, 0.29) is 30.2 Å². The summed E-state index contributed by atoms with van der Waals surface area (Å²) in [5, 5.41) is 16.0. The van der Waals surface area contributed by atoms with Crippen molar-refractivity contribution in [3.63, 3.8) is 0 Å². The average Bonchev–Trinajstić information content (AvgIpc) is 2.93. The number of nitrogens with zero attached hydrogens (tertiary/aromatic N) is 2. The molecule has 138 valence electrons. The summed E-state index contributed by atoms with van der Waals surface area (Å²) >= 11 is 0. The first-order valence-electron chi connectivity index (χ1n) is 8.08. The fourth-order valence-corrected chi connectivity index (χ4v) is 2.75. The molecule has 1 heterocycles. The summed E-state index contributed by atoms with van der Waals surface area (Å²) in [5.41, 5.74) is 1.79. The maximum absolute atomic E-state index is 12.4. The number of nitro benzene ring substituents is 1. The molecule has 1 fully saturated rings. The van der Waals surface area contributed by atoms with Crippen LogP contribution < -0.4 is 10.6 Å². The molecule has 2 aromatic carbocycles. The highest BCUT2D eigenvalue weighted by molar-refractivity contribution is 6.04. The van der Waals surface area contributed by atoms with Crippen molar-refractivity contribution in [1.29, 1.82) is 0 Å². The minimum Gasteiger partial charge on any atom is -0.329 e. The molecule has 0 bridgehead atoms. The molecule has 0 aliphatic carbocycles. The van der Waals surface area contributed by atoms with E-state index in [0.29, 0.717) is 16.8 Å². The number of benzene rings is 2. The van der Waals surface area contributed by atoms with Crippen molar-refractivity contribution in [2.24, 2.45) is 0 Å². The second-order valence-electron chi connectivity index (χ2n) is 6.05. The molecule has 0 radical (unpaired) electrons. The van der Waals surface area contributed by atoms with E-state index in [9.17, 15) is 24.5 Å². The summed E-state index contributed by atoms with van der Waals surface area (Å²) in [6, 6.07) is 10.5. The van der Waals surface area contributed by atoms with Crippen LogP contribution in [0.3, 0.4) is 0 Å². The molecule has 27 heavy (non-hydrogen) atoms. The normalized spacial score (nSPS) is 13.4. The Bertz CT molecular complexity index is 941. The number of rotatable bonds is 5. The van der Waals surface area contributed by atoms with Crippen LogP contribution in [0.5, 0.6) is 0 Å². The highest BCUT2D eigenvalue weighted by atomic mass is 16.6. The van der Waals surface area contributed by atoms with E-state index in [1.165, 1.54) is 18.2 Å². The van der Waals surface area contributed by atoms with E-state index < -0.39 is 16.9 Å². The van der Waals surface area contributed by atoms with Gasteiger partial charge in [-0.2, -0.15) is 0 Å². The predicted molar refractivity (Wildman–Crippen MR) is 96.2 cm³/mol. The maximum atomic E-state index is 12.4. The molecular formula is C18H16N4O5. The Morgan fingerprint density at radius 3 is 2.67 bits per heavy atom. The van der Waals surface area contributed by atoms with E-state index >= 15 is 0 Å². The van der Waals surface area contributed by atoms with Crippen LogP contribution in [-0.2, 0) is 11.3 Å². The molecule has 1 aliphatic heterocycles. The molecule has 9 heteroatoms. The first-order valence-corrected chi connectivity index (χ1v) is 8.08. The number of nitrogens with one attached hydrogen (secondary N) is 2. The van der Waals surface area contributed by atoms with E-state index in [2.05, 4.69) is 10.6 Å². The molecule has 2 N–H and O–H groups in total. The van der Waals surface area contributed by atoms with Crippen molar-refractivity contribution in [2.75, 3.05) is 11.9 Å². The summed E-state index contributed by atoms with van der Waals surface area (Å²) in [5.74, 6) is -0.726. The first kappa shape index (κ1) is 18.1. The Morgan fingerprint density at radius 2 is 2.04 bits per heavy atom. The highest BCUT2D eigenvalue weighted by Crippen LogP contribution is 2.20. The quantitative estimate of drug-likeness (QED) is 0.476. The summed E-state index contributed by atoms with van der Waals surface area (Å²) in [6.07, 6.45) is 0. The van der Waals surface area contributed by atoms with Gasteiger partial charge in [-0.3, -0.25) is 24.6 Å². The third-order valence-electron chi connectivity index (χ3n) is 4.12. The van der Waals surface area contributed by atoms with E-state index in [1.54, 1.807) is 31.2 Å². The standard InChI is InChI=1S/C18H16N4O5/c1-11-7-13(5-6-15(11)22(26)27)17(24)20-14-4-2-3-12(8-14)10-21-16(23)9-19-18(21)25/h2-8H,9-10H2,1H3,(H,19,25)(H,20,24). The lowest BCUT2D eigenvalue weighted by atomic mass is 10.1. The topological polar surface area (TPSA) is 122 Å². The predicted octanol–water partition coefficient (Wildman–Crippen LogP) is 2.21. The van der Waals surface area contributed by atoms with Crippen LogP contribution in [0.4, 0.5) is 16.2 Å². The second-order valence-corrected chi connectivity index (χ2v) is 6.05. The number of carbonyl (C=O) groups excluding carboxylic acids is 3. The zero-order valence-corrected chi connectivity index (χ0v) is 14.4. The fourth-order valence-electron chi connectivity index (χ4n) is 2.75. The molecule has 9 nitrogen and oxygen atoms in total. The summed E-state index contributed by atoms with van der Waals surface area (Å²) in [4.78, 5) is 47.1. The molecule has 2 aromatic rings. The number of urea groups is 1. The number of anilines is 1. The average molecular weight is 368 g/mol. The molecule has 0 saturated carbocycles. The van der Waals surface area contributed by atoms with Gasteiger partial charge in [0.1, 0.15) is 0 Å². The van der Waals surface area contributed by atoms with E-state index in [0.717, 1.165) is 4.90 Å². The molecule has 1 saturated heterocycles. The van der Waals surface area contributed by atoms with Crippen molar-refractivity contribution in [2.45, 2.75) is 13.5 Å². The van der Waals surface area contributed by atoms with Crippen molar-refractivity contribution < 1.29 is 19.3 Å². The number of carbonyl (C=O) groups is 3. The molecule has 4 amide bonds. The van der Waals surface area contributed by atoms with Crippen LogP contribution in [0, 0.1) is 17.0 Å². The molecule has 1 aliphatic rings. The Kier molecular flexibility index (Phi) is 4.84. The molecule has 0 spiro atoms. The van der Waals surface area contributed by atoms with Gasteiger partial charge in [0.05, 0.1) is 18.0 Å². The van der Waals surface area contributed by atoms with Gasteiger partial charge in [-0.25, -0.2) is 4.79 Å². The van der Waals surface area contributed by atoms with Gasteiger partial charge in [0, 0.05) is 22.9 Å². The highest BCUT2D eigenvalue weighted by Gasteiger charge is 2.28. The largest absolute Gasteiger partial charge is 0.329 e. The Balaban J connectivity index is 1.73. The fraction of sp³-hybridized carbons (Fsp3) is 0.167. The molecule has 3 rings (SSSR count). The van der Waals surface area contributed by atoms with Crippen molar-refractivity contribution >= 4 is 29.2 Å². The maximum Gasteiger partial charge on any atom is 0.324 e. The van der Waals surface area contributed by atoms with Crippen LogP contribution >= 0.6 is 0 Å². The SMILES string of the molecule is Cc1cc(C(=O)Nc2cccc(CN3C(=O)CNC3=O)c2)ccc1[N+](=O)[O-]. The van der Waals surface area contributed by atoms with Crippen LogP contribution in [0.25, 0.3) is 0 Å². The zero-order valence-electron chi connectivity index (χ0n) is 14.4. The monoisotopic (exact) mass is 368 g/mol. The molecule has 0 aromatic heterocycles. The van der Waals surface area contributed by atoms with Gasteiger partial charge in [-0.1, -0.05) is 12.1 Å². The first-order chi connectivity index (χ1) is 12.8. The van der Waals surface area contributed by atoms with E-state index in [4.69, 9.17) is 0 Å². The van der Waals surface area contributed by atoms with Crippen LogP contribution in [0.15, 0.2) is 42.5 Å². The number of imide groups is 1. The third-order valence-corrected chi connectivity index (χ3v) is 4.12. The van der Waals surface area contributed by atoms with Crippen molar-refractivity contribution in [3.05, 3.63) is 69.3 Å². The van der Waals surface area contributed by atoms with Gasteiger partial charge in [0.25, 0.3) is 11.6 Å². The number of hydrogen-bond donors (Lipinski definition) is 2. The smallest absolute Gasteiger partial charge is 0.324 e. The summed E-state index contributed by atoms with van der Waals surface area (Å²) in [6.45, 7) is 1.65. The number of aryl methyl sites for hydroxylation is 1. The Labute approximate surface area is 154 Å². The molecule has 0 atom stereocenters. The van der Waals surface area contributed by atoms with Gasteiger partial charge < -0.3 is 10.6 Å². The Morgan fingerprint density at radius 1 is 1.26 bits per heavy atom. The van der Waals surface area contributed by atoms with Gasteiger partial charge in [-0.15, -0.1) is 0 Å².